The molecule has 0 amide bonds. The van der Waals surface area contributed by atoms with E-state index in [1.807, 2.05) is 44.2 Å². The summed E-state index contributed by atoms with van der Waals surface area (Å²) in [7, 11) is 0. The molecule has 116 valence electrons. The fourth-order valence-corrected chi connectivity index (χ4v) is 2.46. The fourth-order valence-electron chi connectivity index (χ4n) is 1.69. The van der Waals surface area contributed by atoms with Crippen LogP contribution in [0.25, 0.3) is 11.3 Å². The smallest absolute Gasteiger partial charge is 0.135 e. The van der Waals surface area contributed by atoms with Gasteiger partial charge in [-0.1, -0.05) is 27.5 Å². The second-order valence-electron chi connectivity index (χ2n) is 5.29. The molecule has 0 bridgehead atoms. The molecule has 3 nitrogen and oxygen atoms in total. The fraction of sp³-hybridized carbons (Fsp3) is 0.333. The van der Waals surface area contributed by atoms with Crippen LogP contribution >= 0.6 is 39.9 Å². The number of nitrogens with one attached hydrogen (secondary N) is 1. The van der Waals surface area contributed by atoms with E-state index in [1.54, 1.807) is 0 Å². The van der Waals surface area contributed by atoms with Crippen molar-refractivity contribution < 1.29 is 9.52 Å². The van der Waals surface area contributed by atoms with Crippen LogP contribution < -0.4 is 5.32 Å². The zero-order chi connectivity index (χ0) is 14.8. The lowest BCUT2D eigenvalue weighted by atomic mass is 10.1. The van der Waals surface area contributed by atoms with E-state index in [-0.39, 0.29) is 24.6 Å². The minimum atomic E-state index is -0.331. The van der Waals surface area contributed by atoms with Crippen LogP contribution in [-0.4, -0.2) is 17.3 Å². The third-order valence-corrected chi connectivity index (χ3v) is 3.80. The predicted octanol–water partition coefficient (Wildman–Crippen LogP) is 4.64. The molecule has 0 saturated carbocycles. The van der Waals surface area contributed by atoms with Crippen molar-refractivity contribution in [3.8, 4) is 11.3 Å². The summed E-state index contributed by atoms with van der Waals surface area (Å²) < 4.78 is 6.72. The maximum atomic E-state index is 9.20. The molecule has 0 aliphatic heterocycles. The van der Waals surface area contributed by atoms with Crippen LogP contribution in [0.5, 0.6) is 0 Å². The van der Waals surface area contributed by atoms with Gasteiger partial charge in [0.15, 0.2) is 0 Å². The van der Waals surface area contributed by atoms with Crippen LogP contribution in [0.2, 0.25) is 5.02 Å². The summed E-state index contributed by atoms with van der Waals surface area (Å²) in [5, 5.41) is 13.1. The average Bonchev–Trinajstić information content (AvgIpc) is 2.85. The van der Waals surface area contributed by atoms with Crippen LogP contribution in [-0.2, 0) is 6.54 Å². The standard InChI is InChI=1S/C15H17BrClNO2.ClH/c1-15(2,9-19)18-8-11-4-6-14(20-11)12-5-3-10(16)7-13(12)17;/h3-7,18-19H,8-9H2,1-2H3;1H. The quantitative estimate of drug-likeness (QED) is 0.775. The van der Waals surface area contributed by atoms with Gasteiger partial charge in [0.25, 0.3) is 0 Å². The molecule has 0 spiro atoms. The Bertz CT molecular complexity index is 599. The highest BCUT2D eigenvalue weighted by Crippen LogP contribution is 2.31. The van der Waals surface area contributed by atoms with Gasteiger partial charge in [-0.15, -0.1) is 12.4 Å². The van der Waals surface area contributed by atoms with E-state index in [0.717, 1.165) is 21.6 Å². The van der Waals surface area contributed by atoms with Crippen molar-refractivity contribution in [2.45, 2.75) is 25.9 Å². The zero-order valence-corrected chi connectivity index (χ0v) is 15.0. The second-order valence-corrected chi connectivity index (χ2v) is 6.61. The van der Waals surface area contributed by atoms with Crippen LogP contribution in [0.15, 0.2) is 39.2 Å². The molecule has 0 aliphatic carbocycles. The number of halogens is 3. The number of hydrogen-bond donors (Lipinski definition) is 2. The molecular formula is C15H18BrCl2NO2. The van der Waals surface area contributed by atoms with Crippen LogP contribution in [0.3, 0.4) is 0 Å². The number of rotatable bonds is 5. The Balaban J connectivity index is 0.00000220. The predicted molar refractivity (Wildman–Crippen MR) is 92.1 cm³/mol. The highest BCUT2D eigenvalue weighted by atomic mass is 79.9. The lowest BCUT2D eigenvalue weighted by Crippen LogP contribution is -2.41. The van der Waals surface area contributed by atoms with E-state index < -0.39 is 0 Å². The molecule has 6 heteroatoms. The van der Waals surface area contributed by atoms with E-state index in [9.17, 15) is 5.11 Å². The summed E-state index contributed by atoms with van der Waals surface area (Å²) in [6.45, 7) is 4.49. The molecule has 21 heavy (non-hydrogen) atoms. The van der Waals surface area contributed by atoms with Gasteiger partial charge < -0.3 is 14.8 Å². The van der Waals surface area contributed by atoms with Crippen molar-refractivity contribution in [1.82, 2.24) is 5.32 Å². The van der Waals surface area contributed by atoms with Crippen molar-refractivity contribution in [3.05, 3.63) is 45.6 Å². The van der Waals surface area contributed by atoms with Crippen molar-refractivity contribution in [2.75, 3.05) is 6.61 Å². The van der Waals surface area contributed by atoms with Gasteiger partial charge in [0.1, 0.15) is 11.5 Å². The van der Waals surface area contributed by atoms with Crippen molar-refractivity contribution in [3.63, 3.8) is 0 Å². The first kappa shape index (κ1) is 18.5. The molecule has 0 fully saturated rings. The normalized spacial score (nSPS) is 11.3. The molecule has 2 aromatic rings. The Hall–Kier alpha value is -0.520. The molecule has 0 atom stereocenters. The van der Waals surface area contributed by atoms with Gasteiger partial charge in [-0.3, -0.25) is 0 Å². The lowest BCUT2D eigenvalue weighted by Gasteiger charge is -2.22. The molecule has 0 unspecified atom stereocenters. The van der Waals surface area contributed by atoms with Gasteiger partial charge in [-0.25, -0.2) is 0 Å². The maximum Gasteiger partial charge on any atom is 0.135 e. The molecule has 2 N–H and O–H groups in total. The highest BCUT2D eigenvalue weighted by Gasteiger charge is 2.16. The van der Waals surface area contributed by atoms with Crippen molar-refractivity contribution in [1.29, 1.82) is 0 Å². The number of aliphatic hydroxyl groups excluding tert-OH is 1. The SMILES string of the molecule is CC(C)(CO)NCc1ccc(-c2ccc(Br)cc2Cl)o1.Cl. The molecule has 1 aromatic carbocycles. The first-order chi connectivity index (χ1) is 9.41. The van der Waals surface area contributed by atoms with E-state index in [4.69, 9.17) is 16.0 Å². The number of furan rings is 1. The summed E-state index contributed by atoms with van der Waals surface area (Å²) in [6, 6.07) is 9.50. The summed E-state index contributed by atoms with van der Waals surface area (Å²) in [6.07, 6.45) is 0. The van der Waals surface area contributed by atoms with Gasteiger partial charge in [0.2, 0.25) is 0 Å². The first-order valence-corrected chi connectivity index (χ1v) is 7.48. The topological polar surface area (TPSA) is 45.4 Å². The van der Waals surface area contributed by atoms with E-state index in [2.05, 4.69) is 21.2 Å². The third-order valence-electron chi connectivity index (χ3n) is 2.99. The van der Waals surface area contributed by atoms with Gasteiger partial charge in [0, 0.05) is 15.6 Å². The summed E-state index contributed by atoms with van der Waals surface area (Å²) in [4.78, 5) is 0. The largest absolute Gasteiger partial charge is 0.460 e. The van der Waals surface area contributed by atoms with E-state index >= 15 is 0 Å². The summed E-state index contributed by atoms with van der Waals surface area (Å²) in [5.74, 6) is 1.54. The molecule has 1 heterocycles. The third kappa shape index (κ3) is 5.01. The highest BCUT2D eigenvalue weighted by molar-refractivity contribution is 9.10. The Morgan fingerprint density at radius 3 is 2.62 bits per heavy atom. The van der Waals surface area contributed by atoms with Crippen LogP contribution in [0.4, 0.5) is 0 Å². The summed E-state index contributed by atoms with van der Waals surface area (Å²) >= 11 is 9.59. The Morgan fingerprint density at radius 1 is 1.29 bits per heavy atom. The second kappa shape index (κ2) is 7.65. The van der Waals surface area contributed by atoms with Crippen LogP contribution in [0.1, 0.15) is 19.6 Å². The maximum absolute atomic E-state index is 9.20. The number of aliphatic hydroxyl groups is 1. The first-order valence-electron chi connectivity index (χ1n) is 6.31. The number of hydrogen-bond acceptors (Lipinski definition) is 3. The molecular weight excluding hydrogens is 377 g/mol. The van der Waals surface area contributed by atoms with Gasteiger partial charge in [0.05, 0.1) is 18.2 Å². The minimum absolute atomic E-state index is 0. The van der Waals surface area contributed by atoms with Gasteiger partial charge in [-0.2, -0.15) is 0 Å². The molecule has 1 aromatic heterocycles. The van der Waals surface area contributed by atoms with Gasteiger partial charge in [-0.05, 0) is 44.2 Å². The van der Waals surface area contributed by atoms with Crippen molar-refractivity contribution in [2.24, 2.45) is 0 Å². The minimum Gasteiger partial charge on any atom is -0.460 e. The van der Waals surface area contributed by atoms with Crippen molar-refractivity contribution >= 4 is 39.9 Å². The van der Waals surface area contributed by atoms with E-state index in [1.165, 1.54) is 0 Å². The Labute approximate surface area is 144 Å². The Morgan fingerprint density at radius 2 is 2.00 bits per heavy atom. The molecule has 0 radical (unpaired) electrons. The van der Waals surface area contributed by atoms with Crippen LogP contribution in [0, 0.1) is 0 Å². The zero-order valence-electron chi connectivity index (χ0n) is 11.8. The summed E-state index contributed by atoms with van der Waals surface area (Å²) in [5.41, 5.74) is 0.532. The molecule has 2 rings (SSSR count). The van der Waals surface area contributed by atoms with Gasteiger partial charge >= 0.3 is 0 Å². The monoisotopic (exact) mass is 393 g/mol. The molecule has 0 aliphatic rings. The van der Waals surface area contributed by atoms with E-state index in [0.29, 0.717) is 11.6 Å². The number of benzene rings is 1. The Kier molecular flexibility index (Phi) is 6.75. The lowest BCUT2D eigenvalue weighted by molar-refractivity contribution is 0.184. The average molecular weight is 395 g/mol. The molecule has 0 saturated heterocycles.